The van der Waals surface area contributed by atoms with E-state index in [-0.39, 0.29) is 5.15 Å². The summed E-state index contributed by atoms with van der Waals surface area (Å²) in [5.74, 6) is 0. The maximum atomic E-state index is 8.94. The quantitative estimate of drug-likeness (QED) is 0.739. The molecule has 0 spiro atoms. The Balaban J connectivity index is 2.40. The maximum Gasteiger partial charge on any atom is 0.147 e. The zero-order valence-corrected chi connectivity index (χ0v) is 9.31. The van der Waals surface area contributed by atoms with Crippen molar-refractivity contribution < 1.29 is 0 Å². The zero-order valence-electron chi connectivity index (χ0n) is 8.55. The number of rotatable bonds is 2. The number of aromatic nitrogens is 4. The predicted molar refractivity (Wildman–Crippen MR) is 57.8 cm³/mol. The van der Waals surface area contributed by atoms with Gasteiger partial charge in [0.1, 0.15) is 23.9 Å². The van der Waals surface area contributed by atoms with Crippen molar-refractivity contribution in [3.63, 3.8) is 0 Å². The van der Waals surface area contributed by atoms with Crippen LogP contribution < -0.4 is 0 Å². The fourth-order valence-electron chi connectivity index (χ4n) is 1.39. The van der Waals surface area contributed by atoms with Crippen LogP contribution in [0.4, 0.5) is 0 Å². The van der Waals surface area contributed by atoms with Crippen molar-refractivity contribution in [1.82, 2.24) is 19.7 Å². The van der Waals surface area contributed by atoms with Crippen molar-refractivity contribution >= 4 is 11.6 Å². The summed E-state index contributed by atoms with van der Waals surface area (Å²) in [5.41, 5.74) is 2.16. The Labute approximate surface area is 97.3 Å². The first-order valence-corrected chi connectivity index (χ1v) is 4.96. The lowest BCUT2D eigenvalue weighted by atomic mass is 10.1. The molecule has 0 saturated carbocycles. The molecule has 6 heteroatoms. The van der Waals surface area contributed by atoms with Crippen LogP contribution in [0.1, 0.15) is 16.7 Å². The second-order valence-electron chi connectivity index (χ2n) is 3.28. The molecule has 80 valence electrons. The van der Waals surface area contributed by atoms with Gasteiger partial charge in [-0.2, -0.15) is 10.4 Å². The number of hydrogen-bond donors (Lipinski definition) is 0. The van der Waals surface area contributed by atoms with Crippen molar-refractivity contribution in [2.24, 2.45) is 0 Å². The Morgan fingerprint density at radius 2 is 2.38 bits per heavy atom. The number of hydrogen-bond acceptors (Lipinski definition) is 4. The molecule has 0 unspecified atom stereocenters. The van der Waals surface area contributed by atoms with E-state index in [1.165, 1.54) is 6.33 Å². The number of nitrogens with zero attached hydrogens (tertiary/aromatic N) is 5. The minimum atomic E-state index is 0.238. The molecule has 0 N–H and O–H groups in total. The molecule has 2 aromatic heterocycles. The fraction of sp³-hybridized carbons (Fsp3) is 0.200. The predicted octanol–water partition coefficient (Wildman–Crippen LogP) is 1.55. The summed E-state index contributed by atoms with van der Waals surface area (Å²) in [6.07, 6.45) is 4.73. The highest BCUT2D eigenvalue weighted by Crippen LogP contribution is 2.19. The summed E-state index contributed by atoms with van der Waals surface area (Å²) in [4.78, 5) is 7.82. The topological polar surface area (TPSA) is 67.4 Å². The third kappa shape index (κ3) is 1.88. The van der Waals surface area contributed by atoms with E-state index >= 15 is 0 Å². The maximum absolute atomic E-state index is 8.94. The Bertz CT molecular complexity index is 541. The van der Waals surface area contributed by atoms with E-state index in [2.05, 4.69) is 15.1 Å². The summed E-state index contributed by atoms with van der Waals surface area (Å²) in [6, 6.07) is 2.04. The van der Waals surface area contributed by atoms with Gasteiger partial charge in [0.2, 0.25) is 0 Å². The van der Waals surface area contributed by atoms with Crippen LogP contribution in [0.3, 0.4) is 0 Å². The lowest BCUT2D eigenvalue weighted by Gasteiger charge is -2.07. The van der Waals surface area contributed by atoms with Gasteiger partial charge in [-0.25, -0.2) is 14.6 Å². The van der Waals surface area contributed by atoms with Gasteiger partial charge in [-0.05, 0) is 18.1 Å². The van der Waals surface area contributed by atoms with Crippen LogP contribution in [-0.2, 0) is 6.54 Å². The molecule has 2 heterocycles. The van der Waals surface area contributed by atoms with Crippen LogP contribution >= 0.6 is 11.6 Å². The summed E-state index contributed by atoms with van der Waals surface area (Å²) in [7, 11) is 0. The van der Waals surface area contributed by atoms with Crippen LogP contribution in [0.15, 0.2) is 18.9 Å². The molecule has 0 bridgehead atoms. The monoisotopic (exact) mass is 233 g/mol. The average Bonchev–Trinajstić information content (AvgIpc) is 2.76. The van der Waals surface area contributed by atoms with Crippen LogP contribution in [0.2, 0.25) is 5.15 Å². The lowest BCUT2D eigenvalue weighted by molar-refractivity contribution is 0.679. The molecule has 16 heavy (non-hydrogen) atoms. The third-order valence-corrected chi connectivity index (χ3v) is 2.59. The third-order valence-electron chi connectivity index (χ3n) is 2.31. The van der Waals surface area contributed by atoms with Crippen molar-refractivity contribution in [2.75, 3.05) is 0 Å². The number of nitriles is 1. The molecule has 0 radical (unpaired) electrons. The minimum absolute atomic E-state index is 0.238. The normalized spacial score (nSPS) is 10.1. The van der Waals surface area contributed by atoms with Crippen LogP contribution in [0.25, 0.3) is 0 Å². The van der Waals surface area contributed by atoms with Gasteiger partial charge in [-0.1, -0.05) is 11.6 Å². The molecule has 0 aliphatic heterocycles. The molecule has 0 aliphatic rings. The highest BCUT2D eigenvalue weighted by molar-refractivity contribution is 6.30. The Morgan fingerprint density at radius 3 is 3.00 bits per heavy atom. The average molecular weight is 234 g/mol. The van der Waals surface area contributed by atoms with Crippen molar-refractivity contribution in [2.45, 2.75) is 13.5 Å². The molecule has 0 aliphatic carbocycles. The highest BCUT2D eigenvalue weighted by atomic mass is 35.5. The molecule has 2 aromatic rings. The number of pyridine rings is 1. The summed E-state index contributed by atoms with van der Waals surface area (Å²) in [6.45, 7) is 2.38. The van der Waals surface area contributed by atoms with E-state index in [1.54, 1.807) is 17.2 Å². The van der Waals surface area contributed by atoms with Gasteiger partial charge in [0.15, 0.2) is 0 Å². The highest BCUT2D eigenvalue weighted by Gasteiger charge is 2.10. The first-order chi connectivity index (χ1) is 7.72. The van der Waals surface area contributed by atoms with Gasteiger partial charge in [-0.3, -0.25) is 0 Å². The lowest BCUT2D eigenvalue weighted by Crippen LogP contribution is -2.04. The van der Waals surface area contributed by atoms with Gasteiger partial charge < -0.3 is 0 Å². The summed E-state index contributed by atoms with van der Waals surface area (Å²) in [5, 5.41) is 13.2. The Morgan fingerprint density at radius 1 is 1.56 bits per heavy atom. The zero-order chi connectivity index (χ0) is 11.5. The van der Waals surface area contributed by atoms with Crippen LogP contribution in [0, 0.1) is 18.3 Å². The minimum Gasteiger partial charge on any atom is -0.248 e. The van der Waals surface area contributed by atoms with E-state index in [1.807, 2.05) is 13.0 Å². The van der Waals surface area contributed by atoms with Crippen molar-refractivity contribution in [3.8, 4) is 6.07 Å². The molecule has 0 aromatic carbocycles. The van der Waals surface area contributed by atoms with Gasteiger partial charge in [0.25, 0.3) is 0 Å². The second kappa shape index (κ2) is 4.29. The molecule has 0 saturated heterocycles. The standard InChI is InChI=1S/C10H8ClN5/c1-7-8(4-16-6-13-5-15-16)3-14-10(11)9(7)2-12/h3,5-6H,4H2,1H3. The molecule has 2 rings (SSSR count). The van der Waals surface area contributed by atoms with Gasteiger partial charge in [-0.15, -0.1) is 0 Å². The Hall–Kier alpha value is -1.93. The Kier molecular flexibility index (Phi) is 2.84. The molecular weight excluding hydrogens is 226 g/mol. The van der Waals surface area contributed by atoms with Crippen molar-refractivity contribution in [1.29, 1.82) is 5.26 Å². The summed E-state index contributed by atoms with van der Waals surface area (Å²) >= 11 is 5.82. The van der Waals surface area contributed by atoms with E-state index in [9.17, 15) is 0 Å². The molecule has 0 amide bonds. The van der Waals surface area contributed by atoms with Crippen LogP contribution in [0.5, 0.6) is 0 Å². The van der Waals surface area contributed by atoms with Gasteiger partial charge in [0, 0.05) is 6.20 Å². The first kappa shape index (κ1) is 10.6. The largest absolute Gasteiger partial charge is 0.248 e. The molecule has 0 fully saturated rings. The van der Waals surface area contributed by atoms with Gasteiger partial charge >= 0.3 is 0 Å². The van der Waals surface area contributed by atoms with E-state index in [0.29, 0.717) is 12.1 Å². The van der Waals surface area contributed by atoms with Gasteiger partial charge in [0.05, 0.1) is 12.1 Å². The second-order valence-corrected chi connectivity index (χ2v) is 3.64. The summed E-state index contributed by atoms with van der Waals surface area (Å²) < 4.78 is 1.67. The molecule has 0 atom stereocenters. The van der Waals surface area contributed by atoms with Crippen molar-refractivity contribution in [3.05, 3.63) is 40.7 Å². The molecule has 5 nitrogen and oxygen atoms in total. The van der Waals surface area contributed by atoms with E-state index in [4.69, 9.17) is 16.9 Å². The fourth-order valence-corrected chi connectivity index (χ4v) is 1.62. The SMILES string of the molecule is Cc1c(Cn2cncn2)cnc(Cl)c1C#N. The smallest absolute Gasteiger partial charge is 0.147 e. The van der Waals surface area contributed by atoms with Crippen LogP contribution in [-0.4, -0.2) is 19.7 Å². The first-order valence-electron chi connectivity index (χ1n) is 4.59. The van der Waals surface area contributed by atoms with E-state index < -0.39 is 0 Å². The number of halogens is 1. The van der Waals surface area contributed by atoms with E-state index in [0.717, 1.165) is 11.1 Å². The molecular formula is C10H8ClN5.